The standard InChI is InChI=1S/C15H24N4O2/c1-11(2)19-12(4-6-16-19)8-18-7-5-14-13(9-18)17(3)15(20)10-21-14/h4,6,11,13-14H,5,7-10H2,1-3H3/t13-,14+/m0/s1. The fourth-order valence-electron chi connectivity index (χ4n) is 3.31. The first-order chi connectivity index (χ1) is 10.1. The summed E-state index contributed by atoms with van der Waals surface area (Å²) in [7, 11) is 1.89. The number of rotatable bonds is 3. The number of likely N-dealkylation sites (N-methyl/N-ethyl adjacent to an activating group) is 1. The number of fused-ring (bicyclic) bond motifs is 1. The van der Waals surface area contributed by atoms with Crippen molar-refractivity contribution in [2.24, 2.45) is 0 Å². The van der Waals surface area contributed by atoms with Crippen LogP contribution in [0.4, 0.5) is 0 Å². The largest absolute Gasteiger partial charge is 0.366 e. The number of morpholine rings is 1. The first-order valence-corrected chi connectivity index (χ1v) is 7.68. The van der Waals surface area contributed by atoms with Gasteiger partial charge >= 0.3 is 0 Å². The minimum absolute atomic E-state index is 0.0883. The zero-order valence-electron chi connectivity index (χ0n) is 13.0. The molecule has 2 atom stereocenters. The molecule has 0 unspecified atom stereocenters. The number of hydrogen-bond donors (Lipinski definition) is 0. The van der Waals surface area contributed by atoms with E-state index in [-0.39, 0.29) is 24.7 Å². The van der Waals surface area contributed by atoms with Crippen LogP contribution in [0.2, 0.25) is 0 Å². The van der Waals surface area contributed by atoms with Crippen molar-refractivity contribution in [2.45, 2.75) is 45.0 Å². The highest BCUT2D eigenvalue weighted by Gasteiger charge is 2.38. The van der Waals surface area contributed by atoms with Crippen molar-refractivity contribution >= 4 is 5.91 Å². The summed E-state index contributed by atoms with van der Waals surface area (Å²) in [6.45, 7) is 7.28. The molecule has 0 saturated carbocycles. The normalized spacial score (nSPS) is 27.2. The van der Waals surface area contributed by atoms with Crippen LogP contribution in [0.25, 0.3) is 0 Å². The summed E-state index contributed by atoms with van der Waals surface area (Å²) < 4.78 is 7.74. The highest BCUT2D eigenvalue weighted by molar-refractivity contribution is 5.78. The maximum Gasteiger partial charge on any atom is 0.248 e. The molecular formula is C15H24N4O2. The van der Waals surface area contributed by atoms with Gasteiger partial charge in [0.15, 0.2) is 0 Å². The van der Waals surface area contributed by atoms with Crippen molar-refractivity contribution in [1.29, 1.82) is 0 Å². The van der Waals surface area contributed by atoms with Crippen molar-refractivity contribution in [1.82, 2.24) is 19.6 Å². The van der Waals surface area contributed by atoms with Crippen molar-refractivity contribution in [3.05, 3.63) is 18.0 Å². The van der Waals surface area contributed by atoms with Crippen LogP contribution in [0.1, 0.15) is 32.0 Å². The van der Waals surface area contributed by atoms with E-state index in [1.54, 1.807) is 0 Å². The summed E-state index contributed by atoms with van der Waals surface area (Å²) in [5.74, 6) is 0.0883. The quantitative estimate of drug-likeness (QED) is 0.830. The first-order valence-electron chi connectivity index (χ1n) is 7.68. The fraction of sp³-hybridized carbons (Fsp3) is 0.733. The molecule has 1 amide bonds. The van der Waals surface area contributed by atoms with Gasteiger partial charge in [0.2, 0.25) is 5.91 Å². The van der Waals surface area contributed by atoms with Gasteiger partial charge in [-0.05, 0) is 26.3 Å². The van der Waals surface area contributed by atoms with Crippen LogP contribution in [0.15, 0.2) is 12.3 Å². The third kappa shape index (κ3) is 2.82. The lowest BCUT2D eigenvalue weighted by atomic mass is 9.99. The highest BCUT2D eigenvalue weighted by atomic mass is 16.5. The second-order valence-electron chi connectivity index (χ2n) is 6.31. The number of nitrogens with zero attached hydrogens (tertiary/aromatic N) is 4. The van der Waals surface area contributed by atoms with E-state index in [0.717, 1.165) is 26.1 Å². The third-order valence-corrected chi connectivity index (χ3v) is 4.54. The molecule has 2 aliphatic heterocycles. The molecule has 6 nitrogen and oxygen atoms in total. The lowest BCUT2D eigenvalue weighted by molar-refractivity contribution is -0.160. The SMILES string of the molecule is CC(C)n1nccc1CN1CC[C@H]2OCC(=O)N(C)[C@H]2C1. The average molecular weight is 292 g/mol. The first kappa shape index (κ1) is 14.5. The van der Waals surface area contributed by atoms with E-state index in [4.69, 9.17) is 4.74 Å². The number of piperidine rings is 1. The van der Waals surface area contributed by atoms with Gasteiger partial charge in [-0.15, -0.1) is 0 Å². The van der Waals surface area contributed by atoms with E-state index in [1.165, 1.54) is 5.69 Å². The molecule has 2 fully saturated rings. The molecule has 1 aromatic heterocycles. The summed E-state index contributed by atoms with van der Waals surface area (Å²) >= 11 is 0. The van der Waals surface area contributed by atoms with Crippen LogP contribution in [-0.4, -0.2) is 64.4 Å². The molecule has 1 aromatic rings. The molecule has 2 aliphatic rings. The molecule has 0 aromatic carbocycles. The Kier molecular flexibility index (Phi) is 3.99. The number of carbonyl (C=O) groups excluding carboxylic acids is 1. The topological polar surface area (TPSA) is 50.6 Å². The van der Waals surface area contributed by atoms with Gasteiger partial charge in [-0.1, -0.05) is 0 Å². The summed E-state index contributed by atoms with van der Waals surface area (Å²) in [6.07, 6.45) is 3.04. The lowest BCUT2D eigenvalue weighted by Gasteiger charge is -2.45. The van der Waals surface area contributed by atoms with E-state index in [0.29, 0.717) is 6.04 Å². The summed E-state index contributed by atoms with van der Waals surface area (Å²) in [5.41, 5.74) is 1.23. The van der Waals surface area contributed by atoms with Gasteiger partial charge in [-0.2, -0.15) is 5.10 Å². The van der Waals surface area contributed by atoms with Crippen molar-refractivity contribution in [3.8, 4) is 0 Å². The van der Waals surface area contributed by atoms with Gasteiger partial charge in [-0.3, -0.25) is 14.4 Å². The third-order valence-electron chi connectivity index (χ3n) is 4.54. The Hall–Kier alpha value is -1.40. The molecule has 116 valence electrons. The van der Waals surface area contributed by atoms with Crippen LogP contribution in [0.5, 0.6) is 0 Å². The Morgan fingerprint density at radius 3 is 3.05 bits per heavy atom. The Morgan fingerprint density at radius 1 is 1.48 bits per heavy atom. The monoisotopic (exact) mass is 292 g/mol. The molecule has 2 saturated heterocycles. The van der Waals surface area contributed by atoms with Crippen LogP contribution < -0.4 is 0 Å². The Morgan fingerprint density at radius 2 is 2.29 bits per heavy atom. The van der Waals surface area contributed by atoms with Gasteiger partial charge in [0.1, 0.15) is 6.61 Å². The minimum atomic E-state index is 0.0883. The molecule has 0 aliphatic carbocycles. The molecule has 3 rings (SSSR count). The fourth-order valence-corrected chi connectivity index (χ4v) is 3.31. The summed E-state index contributed by atoms with van der Waals surface area (Å²) in [6, 6.07) is 2.63. The number of aromatic nitrogens is 2. The Labute approximate surface area is 125 Å². The van der Waals surface area contributed by atoms with Gasteiger partial charge in [0, 0.05) is 38.9 Å². The number of ether oxygens (including phenoxy) is 1. The number of amides is 1. The van der Waals surface area contributed by atoms with Crippen LogP contribution >= 0.6 is 0 Å². The molecule has 21 heavy (non-hydrogen) atoms. The van der Waals surface area contributed by atoms with E-state index in [1.807, 2.05) is 18.1 Å². The van der Waals surface area contributed by atoms with Crippen LogP contribution in [-0.2, 0) is 16.1 Å². The van der Waals surface area contributed by atoms with Gasteiger partial charge in [0.05, 0.1) is 17.8 Å². The zero-order valence-corrected chi connectivity index (χ0v) is 13.0. The van der Waals surface area contributed by atoms with Gasteiger partial charge in [0.25, 0.3) is 0 Å². The average Bonchev–Trinajstić information content (AvgIpc) is 2.92. The van der Waals surface area contributed by atoms with Crippen molar-refractivity contribution < 1.29 is 9.53 Å². The molecule has 6 heteroatoms. The molecular weight excluding hydrogens is 268 g/mol. The maximum absolute atomic E-state index is 11.8. The van der Waals surface area contributed by atoms with Gasteiger partial charge in [-0.25, -0.2) is 0 Å². The van der Waals surface area contributed by atoms with E-state index in [2.05, 4.69) is 34.6 Å². The number of hydrogen-bond acceptors (Lipinski definition) is 4. The Balaban J connectivity index is 1.68. The second-order valence-corrected chi connectivity index (χ2v) is 6.31. The molecule has 0 radical (unpaired) electrons. The van der Waals surface area contributed by atoms with Crippen LogP contribution in [0, 0.1) is 0 Å². The maximum atomic E-state index is 11.8. The van der Waals surface area contributed by atoms with Gasteiger partial charge < -0.3 is 9.64 Å². The molecule has 0 bridgehead atoms. The minimum Gasteiger partial charge on any atom is -0.366 e. The zero-order chi connectivity index (χ0) is 15.0. The number of carbonyl (C=O) groups is 1. The molecule has 3 heterocycles. The van der Waals surface area contributed by atoms with Crippen LogP contribution in [0.3, 0.4) is 0 Å². The van der Waals surface area contributed by atoms with E-state index in [9.17, 15) is 4.79 Å². The predicted molar refractivity (Wildman–Crippen MR) is 78.8 cm³/mol. The van der Waals surface area contributed by atoms with Crippen molar-refractivity contribution in [3.63, 3.8) is 0 Å². The lowest BCUT2D eigenvalue weighted by Crippen LogP contribution is -2.60. The Bertz CT molecular complexity index is 514. The molecule has 0 spiro atoms. The summed E-state index contributed by atoms with van der Waals surface area (Å²) in [4.78, 5) is 16.0. The predicted octanol–water partition coefficient (Wildman–Crippen LogP) is 0.896. The molecule has 0 N–H and O–H groups in total. The summed E-state index contributed by atoms with van der Waals surface area (Å²) in [5, 5.41) is 4.39. The van der Waals surface area contributed by atoms with E-state index < -0.39 is 0 Å². The highest BCUT2D eigenvalue weighted by Crippen LogP contribution is 2.24. The second kappa shape index (κ2) is 5.77. The van der Waals surface area contributed by atoms with Crippen molar-refractivity contribution in [2.75, 3.05) is 26.7 Å². The smallest absolute Gasteiger partial charge is 0.248 e. The number of likely N-dealkylation sites (tertiary alicyclic amines) is 1. The van der Waals surface area contributed by atoms with E-state index >= 15 is 0 Å².